The number of carbonyl (C=O) groups excluding carboxylic acids is 1. The molecule has 3 aromatic rings. The number of halogens is 3. The SMILES string of the molecule is O=C(c1cc2ccccc2n1Cc1ccccc1)N1CCC[C@H](C(F)(F)F)C1. The third kappa shape index (κ3) is 3.63. The summed E-state index contributed by atoms with van der Waals surface area (Å²) in [5.74, 6) is -1.78. The van der Waals surface area contributed by atoms with E-state index in [9.17, 15) is 18.0 Å². The lowest BCUT2D eigenvalue weighted by atomic mass is 9.97. The van der Waals surface area contributed by atoms with Crippen molar-refractivity contribution in [1.82, 2.24) is 9.47 Å². The Morgan fingerprint density at radius 3 is 2.50 bits per heavy atom. The van der Waals surface area contributed by atoms with Crippen molar-refractivity contribution in [3.05, 3.63) is 71.9 Å². The van der Waals surface area contributed by atoms with E-state index in [-0.39, 0.29) is 18.9 Å². The molecule has 0 spiro atoms. The van der Waals surface area contributed by atoms with Gasteiger partial charge in [0.2, 0.25) is 0 Å². The second kappa shape index (κ2) is 7.34. The molecule has 2 aromatic carbocycles. The Morgan fingerprint density at radius 2 is 1.75 bits per heavy atom. The second-order valence-corrected chi connectivity index (χ2v) is 7.29. The average molecular weight is 386 g/mol. The van der Waals surface area contributed by atoms with Crippen molar-refractivity contribution in [3.63, 3.8) is 0 Å². The van der Waals surface area contributed by atoms with Gasteiger partial charge in [0.15, 0.2) is 0 Å². The lowest BCUT2D eigenvalue weighted by Gasteiger charge is -2.34. The Morgan fingerprint density at radius 1 is 1.04 bits per heavy atom. The normalized spacial score (nSPS) is 17.8. The van der Waals surface area contributed by atoms with Crippen LogP contribution in [-0.2, 0) is 6.54 Å². The molecule has 6 heteroatoms. The number of benzene rings is 2. The van der Waals surface area contributed by atoms with Crippen molar-refractivity contribution in [2.75, 3.05) is 13.1 Å². The zero-order chi connectivity index (χ0) is 19.7. The molecular formula is C22H21F3N2O. The van der Waals surface area contributed by atoms with Crippen molar-refractivity contribution in [2.24, 2.45) is 5.92 Å². The highest BCUT2D eigenvalue weighted by Gasteiger charge is 2.43. The summed E-state index contributed by atoms with van der Waals surface area (Å²) in [6, 6.07) is 19.2. The minimum Gasteiger partial charge on any atom is -0.337 e. The lowest BCUT2D eigenvalue weighted by Crippen LogP contribution is -2.45. The minimum absolute atomic E-state index is 0.0836. The quantitative estimate of drug-likeness (QED) is 0.615. The fourth-order valence-corrected chi connectivity index (χ4v) is 3.91. The van der Waals surface area contributed by atoms with Gasteiger partial charge in [0.25, 0.3) is 5.91 Å². The summed E-state index contributed by atoms with van der Waals surface area (Å²) in [6.07, 6.45) is -3.81. The molecule has 1 amide bonds. The number of aromatic nitrogens is 1. The van der Waals surface area contributed by atoms with Crippen LogP contribution in [0.3, 0.4) is 0 Å². The fourth-order valence-electron chi connectivity index (χ4n) is 3.91. The molecule has 0 unspecified atom stereocenters. The Kier molecular flexibility index (Phi) is 4.87. The van der Waals surface area contributed by atoms with Gasteiger partial charge >= 0.3 is 6.18 Å². The van der Waals surface area contributed by atoms with Crippen molar-refractivity contribution in [1.29, 1.82) is 0 Å². The van der Waals surface area contributed by atoms with Crippen LogP contribution in [0.15, 0.2) is 60.7 Å². The van der Waals surface area contributed by atoms with E-state index >= 15 is 0 Å². The summed E-state index contributed by atoms with van der Waals surface area (Å²) < 4.78 is 41.4. The highest BCUT2D eigenvalue weighted by molar-refractivity contribution is 5.99. The van der Waals surface area contributed by atoms with Crippen LogP contribution in [0.5, 0.6) is 0 Å². The van der Waals surface area contributed by atoms with Crippen LogP contribution in [0, 0.1) is 5.92 Å². The number of piperidine rings is 1. The predicted molar refractivity (Wildman–Crippen MR) is 102 cm³/mol. The summed E-state index contributed by atoms with van der Waals surface area (Å²) >= 11 is 0. The first-order chi connectivity index (χ1) is 13.4. The van der Waals surface area contributed by atoms with E-state index in [1.807, 2.05) is 59.2 Å². The van der Waals surface area contributed by atoms with Crippen molar-refractivity contribution < 1.29 is 18.0 Å². The van der Waals surface area contributed by atoms with Gasteiger partial charge in [0.05, 0.1) is 5.92 Å². The lowest BCUT2D eigenvalue weighted by molar-refractivity contribution is -0.184. The highest BCUT2D eigenvalue weighted by atomic mass is 19.4. The molecule has 4 rings (SSSR count). The molecule has 2 heterocycles. The molecule has 1 saturated heterocycles. The van der Waals surface area contributed by atoms with E-state index in [2.05, 4.69) is 0 Å². The zero-order valence-electron chi connectivity index (χ0n) is 15.3. The third-order valence-corrected chi connectivity index (χ3v) is 5.38. The Bertz CT molecular complexity index is 978. The fraction of sp³-hybridized carbons (Fsp3) is 0.318. The summed E-state index contributed by atoms with van der Waals surface area (Å²) in [6.45, 7) is 0.583. The molecule has 0 N–H and O–H groups in total. The first-order valence-electron chi connectivity index (χ1n) is 9.41. The topological polar surface area (TPSA) is 25.2 Å². The van der Waals surface area contributed by atoms with Crippen molar-refractivity contribution >= 4 is 16.8 Å². The van der Waals surface area contributed by atoms with Gasteiger partial charge in [-0.05, 0) is 30.5 Å². The summed E-state index contributed by atoms with van der Waals surface area (Å²) in [4.78, 5) is 14.5. The maximum atomic E-state index is 13.2. The van der Waals surface area contributed by atoms with Gasteiger partial charge in [-0.1, -0.05) is 48.5 Å². The molecule has 0 bridgehead atoms. The van der Waals surface area contributed by atoms with Crippen LogP contribution < -0.4 is 0 Å². The number of hydrogen-bond donors (Lipinski definition) is 0. The van der Waals surface area contributed by atoms with Crippen LogP contribution in [0.25, 0.3) is 10.9 Å². The molecule has 0 aliphatic carbocycles. The predicted octanol–water partition coefficient (Wildman–Crippen LogP) is 5.10. The van der Waals surface area contributed by atoms with Crippen LogP contribution >= 0.6 is 0 Å². The molecule has 146 valence electrons. The van der Waals surface area contributed by atoms with Crippen molar-refractivity contribution in [2.45, 2.75) is 25.6 Å². The third-order valence-electron chi connectivity index (χ3n) is 5.38. The number of likely N-dealkylation sites (tertiary alicyclic amines) is 1. The Balaban J connectivity index is 1.69. The first-order valence-corrected chi connectivity index (χ1v) is 9.41. The van der Waals surface area contributed by atoms with E-state index in [1.165, 1.54) is 4.90 Å². The number of fused-ring (bicyclic) bond motifs is 1. The Hall–Kier alpha value is -2.76. The van der Waals surface area contributed by atoms with E-state index in [1.54, 1.807) is 6.07 Å². The number of nitrogens with zero attached hydrogens (tertiary/aromatic N) is 2. The van der Waals surface area contributed by atoms with E-state index in [4.69, 9.17) is 0 Å². The number of amides is 1. The van der Waals surface area contributed by atoms with E-state index in [0.29, 0.717) is 25.2 Å². The zero-order valence-corrected chi connectivity index (χ0v) is 15.3. The Labute approximate surface area is 161 Å². The number of hydrogen-bond acceptors (Lipinski definition) is 1. The van der Waals surface area contributed by atoms with Gasteiger partial charge in [0, 0.05) is 30.5 Å². The minimum atomic E-state index is -4.27. The van der Waals surface area contributed by atoms with Gasteiger partial charge in [-0.2, -0.15) is 13.2 Å². The van der Waals surface area contributed by atoms with Crippen LogP contribution in [-0.4, -0.2) is 34.6 Å². The van der Waals surface area contributed by atoms with Crippen molar-refractivity contribution in [3.8, 4) is 0 Å². The highest BCUT2D eigenvalue weighted by Crippen LogP contribution is 2.34. The van der Waals surface area contributed by atoms with Crippen LogP contribution in [0.1, 0.15) is 28.9 Å². The summed E-state index contributed by atoms with van der Waals surface area (Å²) in [5.41, 5.74) is 2.37. The molecule has 1 fully saturated rings. The number of carbonyl (C=O) groups is 1. The summed E-state index contributed by atoms with van der Waals surface area (Å²) in [5, 5.41) is 0.908. The standard InChI is InChI=1S/C22H21F3N2O/c23-22(24,25)18-10-6-12-26(15-18)21(28)20-13-17-9-4-5-11-19(17)27(20)14-16-7-2-1-3-8-16/h1-5,7-9,11,13,18H,6,10,12,14-15H2/t18-/m0/s1. The molecule has 1 atom stereocenters. The largest absolute Gasteiger partial charge is 0.393 e. The molecule has 1 aromatic heterocycles. The molecule has 1 aliphatic heterocycles. The van der Waals surface area contributed by atoms with E-state index in [0.717, 1.165) is 16.5 Å². The average Bonchev–Trinajstić information content (AvgIpc) is 3.06. The molecule has 0 saturated carbocycles. The molecule has 3 nitrogen and oxygen atoms in total. The first kappa shape index (κ1) is 18.6. The van der Waals surface area contributed by atoms with E-state index < -0.39 is 12.1 Å². The van der Waals surface area contributed by atoms with Gasteiger partial charge in [-0.15, -0.1) is 0 Å². The van der Waals surface area contributed by atoms with Gasteiger partial charge in [0.1, 0.15) is 5.69 Å². The number of alkyl halides is 3. The maximum absolute atomic E-state index is 13.2. The van der Waals surface area contributed by atoms with Gasteiger partial charge < -0.3 is 9.47 Å². The van der Waals surface area contributed by atoms with Gasteiger partial charge in [-0.25, -0.2) is 0 Å². The molecule has 1 aliphatic rings. The monoisotopic (exact) mass is 386 g/mol. The summed E-state index contributed by atoms with van der Waals surface area (Å²) in [7, 11) is 0. The smallest absolute Gasteiger partial charge is 0.337 e. The maximum Gasteiger partial charge on any atom is 0.393 e. The van der Waals surface area contributed by atoms with Crippen LogP contribution in [0.4, 0.5) is 13.2 Å². The molecule has 0 radical (unpaired) electrons. The molecule has 28 heavy (non-hydrogen) atoms. The van der Waals surface area contributed by atoms with Crippen LogP contribution in [0.2, 0.25) is 0 Å². The van der Waals surface area contributed by atoms with Gasteiger partial charge in [-0.3, -0.25) is 4.79 Å². The second-order valence-electron chi connectivity index (χ2n) is 7.29. The molecular weight excluding hydrogens is 365 g/mol. The number of para-hydroxylation sites is 1. The number of rotatable bonds is 3.